The summed E-state index contributed by atoms with van der Waals surface area (Å²) in [5.41, 5.74) is -1.56. The number of hydrogen-bond donors (Lipinski definition) is 4. The van der Waals surface area contributed by atoms with Gasteiger partial charge < -0.3 is 21.1 Å². The van der Waals surface area contributed by atoms with Crippen molar-refractivity contribution in [3.05, 3.63) is 70.7 Å². The van der Waals surface area contributed by atoms with Gasteiger partial charge in [-0.15, -0.1) is 0 Å². The molecule has 0 radical (unpaired) electrons. The largest absolute Gasteiger partial charge is 0.417 e. The molecule has 4 rings (SSSR count). The van der Waals surface area contributed by atoms with E-state index in [-0.39, 0.29) is 42.6 Å². The summed E-state index contributed by atoms with van der Waals surface area (Å²) < 4.78 is 39.9. The number of amides is 2. The zero-order valence-corrected chi connectivity index (χ0v) is 23.0. The van der Waals surface area contributed by atoms with Crippen LogP contribution in [-0.4, -0.2) is 64.5 Å². The van der Waals surface area contributed by atoms with Crippen molar-refractivity contribution in [3.8, 4) is 11.4 Å². The molecule has 9 nitrogen and oxygen atoms in total. The van der Waals surface area contributed by atoms with E-state index in [1.807, 2.05) is 35.2 Å². The van der Waals surface area contributed by atoms with Gasteiger partial charge in [-0.3, -0.25) is 14.5 Å². The van der Waals surface area contributed by atoms with Gasteiger partial charge in [0.25, 0.3) is 0 Å². The Morgan fingerprint density at radius 2 is 1.71 bits per heavy atom. The van der Waals surface area contributed by atoms with E-state index in [0.717, 1.165) is 17.7 Å². The Morgan fingerprint density at radius 3 is 2.37 bits per heavy atom. The van der Waals surface area contributed by atoms with E-state index < -0.39 is 22.4 Å². The summed E-state index contributed by atoms with van der Waals surface area (Å²) >= 11 is 5.73. The highest BCUT2D eigenvalue weighted by molar-refractivity contribution is 6.31. The zero-order chi connectivity index (χ0) is 29.6. The molecule has 0 unspecified atom stereocenters. The molecule has 13 heteroatoms. The van der Waals surface area contributed by atoms with Crippen LogP contribution >= 0.6 is 11.6 Å². The average Bonchev–Trinajstić information content (AvgIpc) is 2.92. The number of anilines is 2. The second kappa shape index (κ2) is 12.8. The van der Waals surface area contributed by atoms with Crippen molar-refractivity contribution in [1.29, 1.82) is 0 Å². The molecule has 0 saturated carbocycles. The summed E-state index contributed by atoms with van der Waals surface area (Å²) in [6.07, 6.45) is -4.34. The number of likely N-dealkylation sites (tertiary alicyclic amines) is 1. The van der Waals surface area contributed by atoms with Crippen LogP contribution in [0.5, 0.6) is 0 Å². The first-order chi connectivity index (χ1) is 19.4. The van der Waals surface area contributed by atoms with E-state index in [4.69, 9.17) is 11.6 Å². The fourth-order valence-electron chi connectivity index (χ4n) is 4.53. The number of aromatic nitrogens is 2. The van der Waals surface area contributed by atoms with Crippen molar-refractivity contribution in [3.63, 3.8) is 0 Å². The minimum atomic E-state index is -4.63. The van der Waals surface area contributed by atoms with E-state index in [2.05, 4.69) is 25.9 Å². The van der Waals surface area contributed by atoms with Crippen LogP contribution in [0.3, 0.4) is 0 Å². The summed E-state index contributed by atoms with van der Waals surface area (Å²) in [5, 5.41) is 19.3. The molecule has 0 aliphatic carbocycles. The van der Waals surface area contributed by atoms with Crippen molar-refractivity contribution < 1.29 is 27.9 Å². The number of rotatable bonds is 9. The van der Waals surface area contributed by atoms with Crippen LogP contribution in [0, 0.1) is 0 Å². The Hall–Kier alpha value is -3.74. The molecule has 2 aromatic carbocycles. The molecule has 1 fully saturated rings. The number of hydrogen-bond acceptors (Lipinski definition) is 7. The predicted molar refractivity (Wildman–Crippen MR) is 149 cm³/mol. The topological polar surface area (TPSA) is 119 Å². The molecule has 1 aliphatic heterocycles. The highest BCUT2D eigenvalue weighted by atomic mass is 35.5. The van der Waals surface area contributed by atoms with Crippen molar-refractivity contribution in [2.75, 3.05) is 43.4 Å². The third kappa shape index (κ3) is 8.15. The molecule has 3 aromatic rings. The Morgan fingerprint density at radius 1 is 1.02 bits per heavy atom. The second-order valence-electron chi connectivity index (χ2n) is 9.79. The van der Waals surface area contributed by atoms with Crippen LogP contribution in [0.1, 0.15) is 30.9 Å². The van der Waals surface area contributed by atoms with E-state index in [0.29, 0.717) is 37.8 Å². The number of carbonyl (C=O) groups excluding carboxylic acids is 2. The summed E-state index contributed by atoms with van der Waals surface area (Å²) in [4.78, 5) is 34.8. The summed E-state index contributed by atoms with van der Waals surface area (Å²) in [6, 6.07) is 14.3. The molecule has 2 heterocycles. The lowest BCUT2D eigenvalue weighted by Gasteiger charge is -2.38. The van der Waals surface area contributed by atoms with Crippen LogP contribution < -0.4 is 16.0 Å². The fraction of sp³-hybridized carbons (Fsp3) is 0.357. The lowest BCUT2D eigenvalue weighted by molar-refractivity contribution is -0.137. The van der Waals surface area contributed by atoms with Gasteiger partial charge in [0, 0.05) is 44.7 Å². The van der Waals surface area contributed by atoms with Crippen LogP contribution in [0.15, 0.2) is 54.6 Å². The third-order valence-corrected chi connectivity index (χ3v) is 7.02. The molecule has 1 aromatic heterocycles. The Bertz CT molecular complexity index is 1380. The first kappa shape index (κ1) is 30.2. The van der Waals surface area contributed by atoms with Crippen LogP contribution in [0.2, 0.25) is 5.02 Å². The number of piperidine rings is 1. The highest BCUT2D eigenvalue weighted by Crippen LogP contribution is 2.40. The smallest absolute Gasteiger partial charge is 0.385 e. The number of carbonyl (C=O) groups is 2. The Labute approximate surface area is 240 Å². The maximum absolute atomic E-state index is 13.3. The maximum atomic E-state index is 13.3. The molecule has 1 aliphatic rings. The van der Waals surface area contributed by atoms with Gasteiger partial charge in [-0.25, -0.2) is 9.97 Å². The van der Waals surface area contributed by atoms with Gasteiger partial charge in [0.05, 0.1) is 22.7 Å². The van der Waals surface area contributed by atoms with Crippen molar-refractivity contribution >= 4 is 35.1 Å². The van der Waals surface area contributed by atoms with E-state index in [9.17, 15) is 27.9 Å². The number of aliphatic hydroxyl groups is 1. The molecule has 0 atom stereocenters. The van der Waals surface area contributed by atoms with Crippen molar-refractivity contribution in [2.45, 2.75) is 31.5 Å². The first-order valence-corrected chi connectivity index (χ1v) is 13.4. The minimum Gasteiger partial charge on any atom is -0.385 e. The molecular weight excluding hydrogens is 561 g/mol. The normalized spacial score (nSPS) is 15.3. The van der Waals surface area contributed by atoms with Crippen LogP contribution in [-0.2, 0) is 21.4 Å². The van der Waals surface area contributed by atoms with Gasteiger partial charge in [-0.1, -0.05) is 48.0 Å². The second-order valence-corrected chi connectivity index (χ2v) is 10.2. The lowest BCUT2D eigenvalue weighted by atomic mass is 9.83. The number of benzene rings is 2. The van der Waals surface area contributed by atoms with E-state index in [1.165, 1.54) is 13.0 Å². The van der Waals surface area contributed by atoms with Crippen LogP contribution in [0.4, 0.5) is 24.8 Å². The van der Waals surface area contributed by atoms with Crippen molar-refractivity contribution in [2.24, 2.45) is 0 Å². The number of halogens is 4. The summed E-state index contributed by atoms with van der Waals surface area (Å²) in [5.74, 6) is 0.643. The molecular formula is C28H30ClF3N6O3. The van der Waals surface area contributed by atoms with Gasteiger partial charge in [0.1, 0.15) is 11.6 Å². The summed E-state index contributed by atoms with van der Waals surface area (Å²) in [7, 11) is 0. The number of nitrogens with zero attached hydrogens (tertiary/aromatic N) is 3. The standard InChI is InChI=1S/C28H30ClF3N6O3/c1-18(39)33-11-12-34-23-16-24(37-26(36-23)19-5-3-2-4-6-19)35-25(40)17-38-13-9-27(41,10-14-38)20-7-8-22(29)21(15-20)28(30,31)32/h2-8,15-16,41H,9-14,17H2,1H3,(H,33,39)(H2,34,35,36,37,40). The van der Waals surface area contributed by atoms with Gasteiger partial charge in [-0.05, 0) is 30.5 Å². The van der Waals surface area contributed by atoms with Crippen molar-refractivity contribution in [1.82, 2.24) is 20.2 Å². The number of nitrogens with one attached hydrogen (secondary N) is 3. The molecule has 0 spiro atoms. The predicted octanol–water partition coefficient (Wildman–Crippen LogP) is 4.29. The third-order valence-electron chi connectivity index (χ3n) is 6.69. The Balaban J connectivity index is 1.40. The monoisotopic (exact) mass is 590 g/mol. The quantitative estimate of drug-likeness (QED) is 0.275. The SMILES string of the molecule is CC(=O)NCCNc1cc(NC(=O)CN2CCC(O)(c3ccc(Cl)c(C(F)(F)F)c3)CC2)nc(-c2ccccc2)n1. The highest BCUT2D eigenvalue weighted by Gasteiger charge is 2.38. The van der Waals surface area contributed by atoms with E-state index in [1.54, 1.807) is 6.07 Å². The average molecular weight is 591 g/mol. The molecule has 2 amide bonds. The van der Waals surface area contributed by atoms with Gasteiger partial charge in [0.15, 0.2) is 5.82 Å². The molecule has 218 valence electrons. The summed E-state index contributed by atoms with van der Waals surface area (Å²) in [6.45, 7) is 2.81. The zero-order valence-electron chi connectivity index (χ0n) is 22.3. The minimum absolute atomic E-state index is 0.000462. The lowest BCUT2D eigenvalue weighted by Crippen LogP contribution is -2.45. The number of alkyl halides is 3. The van der Waals surface area contributed by atoms with Gasteiger partial charge in [0.2, 0.25) is 11.8 Å². The van der Waals surface area contributed by atoms with E-state index >= 15 is 0 Å². The fourth-order valence-corrected chi connectivity index (χ4v) is 4.76. The van der Waals surface area contributed by atoms with Gasteiger partial charge >= 0.3 is 6.18 Å². The van der Waals surface area contributed by atoms with Gasteiger partial charge in [-0.2, -0.15) is 13.2 Å². The first-order valence-electron chi connectivity index (χ1n) is 13.0. The molecule has 0 bridgehead atoms. The molecule has 1 saturated heterocycles. The Kier molecular flexibility index (Phi) is 9.46. The molecule has 41 heavy (non-hydrogen) atoms. The van der Waals surface area contributed by atoms with Crippen LogP contribution in [0.25, 0.3) is 11.4 Å². The molecule has 4 N–H and O–H groups in total. The maximum Gasteiger partial charge on any atom is 0.417 e.